The first kappa shape index (κ1) is 21.1. The van der Waals surface area contributed by atoms with E-state index in [0.717, 1.165) is 28.4 Å². The second-order valence-electron chi connectivity index (χ2n) is 7.69. The van der Waals surface area contributed by atoms with Crippen LogP contribution in [0.4, 0.5) is 5.82 Å². The van der Waals surface area contributed by atoms with Gasteiger partial charge in [-0.15, -0.1) is 10.2 Å². The van der Waals surface area contributed by atoms with E-state index >= 15 is 0 Å². The summed E-state index contributed by atoms with van der Waals surface area (Å²) >= 11 is 5.94. The Morgan fingerprint density at radius 3 is 2.32 bits per heavy atom. The van der Waals surface area contributed by atoms with Crippen LogP contribution in [0.3, 0.4) is 0 Å². The van der Waals surface area contributed by atoms with Gasteiger partial charge in [0.05, 0.1) is 5.69 Å². The Hall–Kier alpha value is -3.12. The number of aromatic nitrogens is 2. The van der Waals surface area contributed by atoms with Gasteiger partial charge in [0.1, 0.15) is 5.75 Å². The summed E-state index contributed by atoms with van der Waals surface area (Å²) in [7, 11) is 0. The molecule has 1 aliphatic heterocycles. The van der Waals surface area contributed by atoms with E-state index in [1.165, 1.54) is 5.56 Å². The number of anilines is 1. The van der Waals surface area contributed by atoms with Crippen molar-refractivity contribution in [1.82, 2.24) is 15.1 Å². The first-order valence-corrected chi connectivity index (χ1v) is 10.7. The normalized spacial score (nSPS) is 13.9. The Morgan fingerprint density at radius 1 is 0.935 bits per heavy atom. The number of piperazine rings is 1. The van der Waals surface area contributed by atoms with Gasteiger partial charge in [-0.1, -0.05) is 29.8 Å². The molecule has 1 aromatic heterocycles. The van der Waals surface area contributed by atoms with Crippen LogP contribution < -0.4 is 9.64 Å². The lowest BCUT2D eigenvalue weighted by molar-refractivity contribution is -0.133. The Bertz CT molecular complexity index is 1050. The number of carbonyl (C=O) groups is 1. The summed E-state index contributed by atoms with van der Waals surface area (Å²) < 4.78 is 5.70. The fourth-order valence-electron chi connectivity index (χ4n) is 3.49. The highest BCUT2D eigenvalue weighted by Crippen LogP contribution is 2.21. The summed E-state index contributed by atoms with van der Waals surface area (Å²) in [5.74, 6) is 1.55. The molecule has 31 heavy (non-hydrogen) atoms. The molecule has 0 unspecified atom stereocenters. The van der Waals surface area contributed by atoms with Gasteiger partial charge in [-0.2, -0.15) is 0 Å². The van der Waals surface area contributed by atoms with Crippen LogP contribution in [0.5, 0.6) is 5.75 Å². The molecule has 0 atom stereocenters. The van der Waals surface area contributed by atoms with E-state index in [0.29, 0.717) is 31.2 Å². The average molecular weight is 437 g/mol. The van der Waals surface area contributed by atoms with Gasteiger partial charge in [0.2, 0.25) is 0 Å². The lowest BCUT2D eigenvalue weighted by Crippen LogP contribution is -2.50. The molecular weight excluding hydrogens is 412 g/mol. The number of halogens is 1. The molecule has 3 aromatic rings. The maximum atomic E-state index is 12.5. The minimum absolute atomic E-state index is 0.00190. The smallest absolute Gasteiger partial charge is 0.260 e. The molecule has 0 saturated carbocycles. The highest BCUT2D eigenvalue weighted by molar-refractivity contribution is 6.30. The molecule has 0 aliphatic carbocycles. The van der Waals surface area contributed by atoms with Crippen LogP contribution in [0.2, 0.25) is 5.02 Å². The summed E-state index contributed by atoms with van der Waals surface area (Å²) in [6.07, 6.45) is 0. The van der Waals surface area contributed by atoms with Crippen LogP contribution in [0.1, 0.15) is 11.1 Å². The monoisotopic (exact) mass is 436 g/mol. The predicted octanol–water partition coefficient (Wildman–Crippen LogP) is 4.14. The molecule has 2 heterocycles. The summed E-state index contributed by atoms with van der Waals surface area (Å²) in [4.78, 5) is 16.5. The van der Waals surface area contributed by atoms with Gasteiger partial charge in [0.15, 0.2) is 12.4 Å². The van der Waals surface area contributed by atoms with E-state index in [4.69, 9.17) is 16.3 Å². The van der Waals surface area contributed by atoms with Gasteiger partial charge in [-0.3, -0.25) is 4.79 Å². The Balaban J connectivity index is 1.29. The van der Waals surface area contributed by atoms with Crippen LogP contribution >= 0.6 is 11.6 Å². The Labute approximate surface area is 187 Å². The second kappa shape index (κ2) is 9.35. The van der Waals surface area contributed by atoms with Crippen molar-refractivity contribution in [2.45, 2.75) is 13.8 Å². The van der Waals surface area contributed by atoms with Crippen molar-refractivity contribution in [2.24, 2.45) is 0 Å². The predicted molar refractivity (Wildman–Crippen MR) is 123 cm³/mol. The molecule has 1 aliphatic rings. The zero-order chi connectivity index (χ0) is 21.8. The van der Waals surface area contributed by atoms with Crippen molar-refractivity contribution >= 4 is 23.3 Å². The zero-order valence-corrected chi connectivity index (χ0v) is 18.5. The van der Waals surface area contributed by atoms with Gasteiger partial charge in [-0.05, 0) is 61.4 Å². The summed E-state index contributed by atoms with van der Waals surface area (Å²) in [5, 5.41) is 9.42. The number of nitrogens with zero attached hydrogens (tertiary/aromatic N) is 4. The molecule has 0 spiro atoms. The van der Waals surface area contributed by atoms with E-state index in [2.05, 4.69) is 22.0 Å². The average Bonchev–Trinajstić information content (AvgIpc) is 2.80. The van der Waals surface area contributed by atoms with Crippen molar-refractivity contribution in [3.63, 3.8) is 0 Å². The van der Waals surface area contributed by atoms with Crippen LogP contribution in [0.25, 0.3) is 11.3 Å². The standard InChI is InChI=1S/C24H25ClN4O2/c1-17-3-8-21(15-18(17)2)31-16-24(30)29-13-11-28(12-14-29)23-10-9-22(26-27-23)19-4-6-20(25)7-5-19/h3-10,15H,11-14,16H2,1-2H3. The van der Waals surface area contributed by atoms with Crippen LogP contribution in [-0.4, -0.2) is 53.8 Å². The van der Waals surface area contributed by atoms with E-state index < -0.39 is 0 Å². The zero-order valence-electron chi connectivity index (χ0n) is 17.7. The summed E-state index contributed by atoms with van der Waals surface area (Å²) in [6.45, 7) is 6.84. The maximum absolute atomic E-state index is 12.5. The quantitative estimate of drug-likeness (QED) is 0.601. The Morgan fingerprint density at radius 2 is 1.68 bits per heavy atom. The lowest BCUT2D eigenvalue weighted by atomic mass is 10.1. The summed E-state index contributed by atoms with van der Waals surface area (Å²) in [5.41, 5.74) is 4.14. The van der Waals surface area contributed by atoms with Crippen molar-refractivity contribution < 1.29 is 9.53 Å². The van der Waals surface area contributed by atoms with Gasteiger partial charge < -0.3 is 14.5 Å². The molecule has 0 N–H and O–H groups in total. The Kier molecular flexibility index (Phi) is 6.37. The van der Waals surface area contributed by atoms with Gasteiger partial charge in [-0.25, -0.2) is 0 Å². The topological polar surface area (TPSA) is 58.6 Å². The first-order valence-electron chi connectivity index (χ1n) is 10.3. The van der Waals surface area contributed by atoms with Gasteiger partial charge in [0, 0.05) is 36.8 Å². The molecular formula is C24H25ClN4O2. The molecule has 1 fully saturated rings. The maximum Gasteiger partial charge on any atom is 0.260 e. The second-order valence-corrected chi connectivity index (χ2v) is 8.12. The lowest BCUT2D eigenvalue weighted by Gasteiger charge is -2.35. The number of hydrogen-bond acceptors (Lipinski definition) is 5. The van der Waals surface area contributed by atoms with Gasteiger partial charge >= 0.3 is 0 Å². The minimum Gasteiger partial charge on any atom is -0.484 e. The highest BCUT2D eigenvalue weighted by atomic mass is 35.5. The molecule has 7 heteroatoms. The molecule has 0 bridgehead atoms. The van der Waals surface area contributed by atoms with Crippen molar-refractivity contribution in [2.75, 3.05) is 37.7 Å². The van der Waals surface area contributed by atoms with E-state index in [1.54, 1.807) is 0 Å². The minimum atomic E-state index is 0.00190. The largest absolute Gasteiger partial charge is 0.484 e. The molecule has 6 nitrogen and oxygen atoms in total. The third kappa shape index (κ3) is 5.14. The molecule has 4 rings (SSSR count). The van der Waals surface area contributed by atoms with E-state index in [-0.39, 0.29) is 12.5 Å². The summed E-state index contributed by atoms with van der Waals surface area (Å²) in [6, 6.07) is 17.3. The first-order chi connectivity index (χ1) is 15.0. The number of hydrogen-bond donors (Lipinski definition) is 0. The number of rotatable bonds is 5. The van der Waals surface area contributed by atoms with E-state index in [9.17, 15) is 4.79 Å². The third-order valence-electron chi connectivity index (χ3n) is 5.59. The van der Waals surface area contributed by atoms with Crippen LogP contribution in [0.15, 0.2) is 54.6 Å². The fourth-order valence-corrected chi connectivity index (χ4v) is 3.62. The SMILES string of the molecule is Cc1ccc(OCC(=O)N2CCN(c3ccc(-c4ccc(Cl)cc4)nn3)CC2)cc1C. The van der Waals surface area contributed by atoms with Crippen LogP contribution in [-0.2, 0) is 4.79 Å². The molecule has 2 aromatic carbocycles. The molecule has 0 radical (unpaired) electrons. The van der Waals surface area contributed by atoms with Crippen molar-refractivity contribution in [3.05, 3.63) is 70.7 Å². The molecule has 1 saturated heterocycles. The molecule has 1 amide bonds. The molecule has 160 valence electrons. The fraction of sp³-hybridized carbons (Fsp3) is 0.292. The number of ether oxygens (including phenoxy) is 1. The van der Waals surface area contributed by atoms with Crippen molar-refractivity contribution in [1.29, 1.82) is 0 Å². The number of aryl methyl sites for hydroxylation is 2. The number of carbonyl (C=O) groups excluding carboxylic acids is 1. The van der Waals surface area contributed by atoms with Crippen LogP contribution in [0, 0.1) is 13.8 Å². The third-order valence-corrected chi connectivity index (χ3v) is 5.84. The van der Waals surface area contributed by atoms with E-state index in [1.807, 2.05) is 66.4 Å². The van der Waals surface area contributed by atoms with Crippen molar-refractivity contribution in [3.8, 4) is 17.0 Å². The number of benzene rings is 2. The number of amides is 1. The highest BCUT2D eigenvalue weighted by Gasteiger charge is 2.22. The van der Waals surface area contributed by atoms with Gasteiger partial charge in [0.25, 0.3) is 5.91 Å².